The Morgan fingerprint density at radius 1 is 1.09 bits per heavy atom. The van der Waals surface area contributed by atoms with Crippen LogP contribution in [0.1, 0.15) is 46.1 Å². The van der Waals surface area contributed by atoms with Crippen LogP contribution in [0.15, 0.2) is 66.7 Å². The molecule has 1 aliphatic heterocycles. The van der Waals surface area contributed by atoms with Crippen molar-refractivity contribution in [3.8, 4) is 11.6 Å². The number of carbonyl (C=O) groups is 1. The van der Waals surface area contributed by atoms with E-state index in [2.05, 4.69) is 27.3 Å². The van der Waals surface area contributed by atoms with Crippen molar-refractivity contribution < 1.29 is 19.7 Å². The van der Waals surface area contributed by atoms with Gasteiger partial charge < -0.3 is 20.3 Å². The Kier molecular flexibility index (Phi) is 7.90. The molecule has 2 heterocycles. The van der Waals surface area contributed by atoms with Gasteiger partial charge in [-0.05, 0) is 68.2 Å². The first-order valence-electron chi connectivity index (χ1n) is 11.6. The van der Waals surface area contributed by atoms with Crippen molar-refractivity contribution in [2.24, 2.45) is 0 Å². The number of ether oxygens (including phenoxy) is 1. The van der Waals surface area contributed by atoms with E-state index >= 15 is 0 Å². The van der Waals surface area contributed by atoms with E-state index in [0.717, 1.165) is 49.3 Å². The van der Waals surface area contributed by atoms with E-state index in [0.29, 0.717) is 17.7 Å². The van der Waals surface area contributed by atoms with Gasteiger partial charge in [-0.25, -0.2) is 9.78 Å². The molecular formula is C27H31N3O4. The molecule has 1 aliphatic rings. The number of aromatic nitrogens is 1. The lowest BCUT2D eigenvalue weighted by molar-refractivity contribution is 0.0697. The number of hydrogen-bond acceptors (Lipinski definition) is 6. The molecule has 1 saturated heterocycles. The van der Waals surface area contributed by atoms with Gasteiger partial charge >= 0.3 is 5.97 Å². The SMILES string of the molecule is Cc1nc(Oc2ccc(C(=O)O)cc2)ccc1CN1CCC(N[C@@H](CO)c2ccccc2)CC1. The summed E-state index contributed by atoms with van der Waals surface area (Å²) in [7, 11) is 0. The maximum absolute atomic E-state index is 11.0. The Labute approximate surface area is 200 Å². The van der Waals surface area contributed by atoms with Gasteiger partial charge in [-0.2, -0.15) is 0 Å². The van der Waals surface area contributed by atoms with Crippen LogP contribution in [0.3, 0.4) is 0 Å². The second kappa shape index (κ2) is 11.2. The Morgan fingerprint density at radius 3 is 2.41 bits per heavy atom. The molecule has 178 valence electrons. The van der Waals surface area contributed by atoms with Crippen LogP contribution < -0.4 is 10.1 Å². The van der Waals surface area contributed by atoms with Gasteiger partial charge in [0.2, 0.25) is 5.88 Å². The van der Waals surface area contributed by atoms with Gasteiger partial charge in [0.15, 0.2) is 0 Å². The Balaban J connectivity index is 1.28. The van der Waals surface area contributed by atoms with Gasteiger partial charge in [0.05, 0.1) is 18.2 Å². The molecule has 0 spiro atoms. The third-order valence-corrected chi connectivity index (χ3v) is 6.30. The number of rotatable bonds is 9. The number of carboxylic acids is 1. The summed E-state index contributed by atoms with van der Waals surface area (Å²) in [4.78, 5) is 18.0. The summed E-state index contributed by atoms with van der Waals surface area (Å²) >= 11 is 0. The zero-order valence-electron chi connectivity index (χ0n) is 19.4. The van der Waals surface area contributed by atoms with Crippen LogP contribution in [-0.2, 0) is 6.54 Å². The van der Waals surface area contributed by atoms with Crippen molar-refractivity contribution in [1.82, 2.24) is 15.2 Å². The highest BCUT2D eigenvalue weighted by Gasteiger charge is 2.22. The predicted octanol–water partition coefficient (Wildman–Crippen LogP) is 4.17. The van der Waals surface area contributed by atoms with E-state index in [9.17, 15) is 9.90 Å². The third kappa shape index (κ3) is 6.20. The molecule has 3 aromatic rings. The average Bonchev–Trinajstić information content (AvgIpc) is 2.86. The van der Waals surface area contributed by atoms with Crippen molar-refractivity contribution in [1.29, 1.82) is 0 Å². The molecule has 1 fully saturated rings. The number of piperidine rings is 1. The number of aliphatic hydroxyl groups is 1. The van der Waals surface area contributed by atoms with Crippen LogP contribution in [0.4, 0.5) is 0 Å². The second-order valence-electron chi connectivity index (χ2n) is 8.69. The van der Waals surface area contributed by atoms with Crippen LogP contribution in [0, 0.1) is 6.92 Å². The lowest BCUT2D eigenvalue weighted by Crippen LogP contribution is -2.44. The molecule has 3 N–H and O–H groups in total. The number of aromatic carboxylic acids is 1. The molecule has 7 nitrogen and oxygen atoms in total. The second-order valence-corrected chi connectivity index (χ2v) is 8.69. The molecule has 1 atom stereocenters. The molecule has 0 amide bonds. The molecule has 0 unspecified atom stereocenters. The molecule has 0 radical (unpaired) electrons. The van der Waals surface area contributed by atoms with Crippen molar-refractivity contribution in [2.45, 2.75) is 38.4 Å². The fourth-order valence-electron chi connectivity index (χ4n) is 4.30. The zero-order valence-corrected chi connectivity index (χ0v) is 19.4. The minimum absolute atomic E-state index is 0.0305. The molecule has 0 aliphatic carbocycles. The monoisotopic (exact) mass is 461 g/mol. The fraction of sp³-hybridized carbons (Fsp3) is 0.333. The summed E-state index contributed by atoms with van der Waals surface area (Å²) in [6.07, 6.45) is 2.06. The van der Waals surface area contributed by atoms with E-state index in [4.69, 9.17) is 9.84 Å². The Bertz CT molecular complexity index is 1080. The summed E-state index contributed by atoms with van der Waals surface area (Å²) < 4.78 is 5.79. The normalized spacial score (nSPS) is 15.7. The summed E-state index contributed by atoms with van der Waals surface area (Å²) in [5.74, 6) is 0.0770. The lowest BCUT2D eigenvalue weighted by atomic mass is 10.0. The molecule has 0 bridgehead atoms. The number of nitrogens with zero attached hydrogens (tertiary/aromatic N) is 2. The molecule has 1 aromatic heterocycles. The van der Waals surface area contributed by atoms with Gasteiger partial charge in [0.1, 0.15) is 5.75 Å². The van der Waals surface area contributed by atoms with Gasteiger partial charge in [0, 0.05) is 24.3 Å². The van der Waals surface area contributed by atoms with Crippen molar-refractivity contribution in [2.75, 3.05) is 19.7 Å². The van der Waals surface area contributed by atoms with E-state index in [1.165, 1.54) is 12.1 Å². The smallest absolute Gasteiger partial charge is 0.335 e. The maximum atomic E-state index is 11.0. The van der Waals surface area contributed by atoms with Crippen LogP contribution in [0.5, 0.6) is 11.6 Å². The van der Waals surface area contributed by atoms with E-state index in [1.54, 1.807) is 12.1 Å². The minimum Gasteiger partial charge on any atom is -0.478 e. The van der Waals surface area contributed by atoms with Gasteiger partial charge in [-0.3, -0.25) is 4.90 Å². The molecule has 4 rings (SSSR count). The zero-order chi connectivity index (χ0) is 23.9. The van der Waals surface area contributed by atoms with Gasteiger partial charge in [-0.15, -0.1) is 0 Å². The number of hydrogen-bond donors (Lipinski definition) is 3. The number of nitrogens with one attached hydrogen (secondary N) is 1. The van der Waals surface area contributed by atoms with Crippen LogP contribution in [0.25, 0.3) is 0 Å². The number of carboxylic acid groups (broad SMARTS) is 1. The van der Waals surface area contributed by atoms with Crippen molar-refractivity contribution >= 4 is 5.97 Å². The average molecular weight is 462 g/mol. The first-order valence-corrected chi connectivity index (χ1v) is 11.6. The highest BCUT2D eigenvalue weighted by Crippen LogP contribution is 2.23. The lowest BCUT2D eigenvalue weighted by Gasteiger charge is -2.34. The van der Waals surface area contributed by atoms with E-state index in [-0.39, 0.29) is 18.2 Å². The number of aryl methyl sites for hydroxylation is 1. The number of benzene rings is 2. The van der Waals surface area contributed by atoms with Crippen molar-refractivity contribution in [3.05, 3.63) is 89.1 Å². The highest BCUT2D eigenvalue weighted by molar-refractivity contribution is 5.87. The summed E-state index contributed by atoms with van der Waals surface area (Å²) in [6.45, 7) is 4.88. The summed E-state index contributed by atoms with van der Waals surface area (Å²) in [5, 5.41) is 22.5. The van der Waals surface area contributed by atoms with Crippen LogP contribution >= 0.6 is 0 Å². The maximum Gasteiger partial charge on any atom is 0.335 e. The quantitative estimate of drug-likeness (QED) is 0.440. The first kappa shape index (κ1) is 23.9. The topological polar surface area (TPSA) is 94.9 Å². The summed E-state index contributed by atoms with van der Waals surface area (Å²) in [5.41, 5.74) is 3.42. The Morgan fingerprint density at radius 2 is 1.79 bits per heavy atom. The minimum atomic E-state index is -0.964. The first-order chi connectivity index (χ1) is 16.5. The number of pyridine rings is 1. The molecular weight excluding hydrogens is 430 g/mol. The van der Waals surface area contributed by atoms with Crippen LogP contribution in [0.2, 0.25) is 0 Å². The van der Waals surface area contributed by atoms with E-state index < -0.39 is 5.97 Å². The predicted molar refractivity (Wildman–Crippen MR) is 130 cm³/mol. The van der Waals surface area contributed by atoms with Crippen LogP contribution in [-0.4, -0.2) is 51.8 Å². The van der Waals surface area contributed by atoms with Gasteiger partial charge in [0.25, 0.3) is 0 Å². The Hall–Kier alpha value is -3.26. The molecule has 34 heavy (non-hydrogen) atoms. The van der Waals surface area contributed by atoms with Gasteiger partial charge in [-0.1, -0.05) is 36.4 Å². The standard InChI is InChI=1S/C27H31N3O4/c1-19-22(9-12-26(28-19)34-24-10-7-21(8-11-24)27(32)33)17-30-15-13-23(14-16-30)29-25(18-31)20-5-3-2-4-6-20/h2-12,23,25,29,31H,13-18H2,1H3,(H,32,33)/t25-/m0/s1. The third-order valence-electron chi connectivity index (χ3n) is 6.30. The molecule has 0 saturated carbocycles. The van der Waals surface area contributed by atoms with E-state index in [1.807, 2.05) is 37.3 Å². The fourth-order valence-corrected chi connectivity index (χ4v) is 4.30. The highest BCUT2D eigenvalue weighted by atomic mass is 16.5. The summed E-state index contributed by atoms with van der Waals surface area (Å²) in [6, 6.07) is 20.6. The van der Waals surface area contributed by atoms with Crippen molar-refractivity contribution in [3.63, 3.8) is 0 Å². The largest absolute Gasteiger partial charge is 0.478 e. The number of aliphatic hydroxyl groups excluding tert-OH is 1. The molecule has 7 heteroatoms. The number of likely N-dealkylation sites (tertiary alicyclic amines) is 1. The molecule has 2 aromatic carbocycles.